The van der Waals surface area contributed by atoms with Crippen LogP contribution in [0.3, 0.4) is 0 Å². The summed E-state index contributed by atoms with van der Waals surface area (Å²) in [7, 11) is 0. The smallest absolute Gasteiger partial charge is 0.253 e. The fourth-order valence-electron chi connectivity index (χ4n) is 4.22. The number of thiazole rings is 1. The molecule has 0 unspecified atom stereocenters. The second kappa shape index (κ2) is 10.7. The number of rotatable bonds is 10. The Balaban J connectivity index is 1.38. The van der Waals surface area contributed by atoms with Gasteiger partial charge in [0.2, 0.25) is 5.91 Å². The minimum Gasteiger partial charge on any atom is -0.352 e. The van der Waals surface area contributed by atoms with Crippen LogP contribution in [-0.4, -0.2) is 51.7 Å². The van der Waals surface area contributed by atoms with Crippen molar-refractivity contribution in [3.63, 3.8) is 0 Å². The molecular weight excluding hydrogens is 516 g/mol. The highest BCUT2D eigenvalue weighted by molar-refractivity contribution is 9.10. The molecule has 0 atom stereocenters. The van der Waals surface area contributed by atoms with Crippen LogP contribution >= 0.6 is 27.3 Å². The van der Waals surface area contributed by atoms with E-state index in [2.05, 4.69) is 32.8 Å². The molecule has 2 aromatic heterocycles. The summed E-state index contributed by atoms with van der Waals surface area (Å²) in [4.78, 5) is 43.4. The lowest BCUT2D eigenvalue weighted by atomic mass is 9.94. The van der Waals surface area contributed by atoms with Crippen molar-refractivity contribution in [2.45, 2.75) is 32.7 Å². The number of halogens is 1. The molecule has 0 bridgehead atoms. The third kappa shape index (κ3) is 5.64. The number of nitrogens with zero attached hydrogens (tertiary/aromatic N) is 3. The maximum Gasteiger partial charge on any atom is 0.253 e. The molecule has 7 nitrogen and oxygen atoms in total. The van der Waals surface area contributed by atoms with E-state index in [9.17, 15) is 14.4 Å². The van der Waals surface area contributed by atoms with E-state index in [4.69, 9.17) is 0 Å². The van der Waals surface area contributed by atoms with Crippen molar-refractivity contribution in [2.24, 2.45) is 5.92 Å². The first-order valence-electron chi connectivity index (χ1n) is 11.2. The van der Waals surface area contributed by atoms with Gasteiger partial charge in [-0.05, 0) is 37.6 Å². The van der Waals surface area contributed by atoms with Gasteiger partial charge in [0.25, 0.3) is 5.91 Å². The Kier molecular flexibility index (Phi) is 7.63. The summed E-state index contributed by atoms with van der Waals surface area (Å²) >= 11 is 5.13. The van der Waals surface area contributed by atoms with Crippen molar-refractivity contribution in [3.8, 4) is 0 Å². The first kappa shape index (κ1) is 24.3. The van der Waals surface area contributed by atoms with Crippen LogP contribution in [0.5, 0.6) is 0 Å². The third-order valence-corrected chi connectivity index (χ3v) is 7.43. The number of aromatic nitrogens is 2. The largest absolute Gasteiger partial charge is 0.352 e. The second-order valence-corrected chi connectivity index (χ2v) is 10.5. The van der Waals surface area contributed by atoms with Crippen molar-refractivity contribution in [1.82, 2.24) is 19.8 Å². The number of hydrogen-bond donors (Lipinski definition) is 1. The summed E-state index contributed by atoms with van der Waals surface area (Å²) in [6.45, 7) is 7.40. The number of ketones is 1. The minimum atomic E-state index is -0.151. The summed E-state index contributed by atoms with van der Waals surface area (Å²) in [5.74, 6) is 0.0169. The minimum absolute atomic E-state index is 0.0845. The van der Waals surface area contributed by atoms with E-state index in [-0.39, 0.29) is 30.1 Å². The quantitative estimate of drug-likeness (QED) is 0.308. The van der Waals surface area contributed by atoms with Crippen LogP contribution in [0.15, 0.2) is 46.9 Å². The molecule has 0 saturated carbocycles. The summed E-state index contributed by atoms with van der Waals surface area (Å²) in [6.07, 6.45) is 5.12. The van der Waals surface area contributed by atoms with Crippen LogP contribution in [0, 0.1) is 12.8 Å². The number of Topliss-reactive ketones (excluding diaryl/α,β-unsaturated/α-hetero) is 1. The SMILES string of the molecule is C=CC(=O)N1CC(CC(=O)Cn2cc(C(=O)NCCCc3nc(C)cs3)c3cc(Br)ccc32)C1. The van der Waals surface area contributed by atoms with Gasteiger partial charge in [0.15, 0.2) is 5.78 Å². The molecule has 2 amide bonds. The molecule has 1 fully saturated rings. The molecule has 3 heterocycles. The number of likely N-dealkylation sites (tertiary alicyclic amines) is 1. The third-order valence-electron chi connectivity index (χ3n) is 5.91. The van der Waals surface area contributed by atoms with E-state index in [0.717, 1.165) is 38.9 Å². The van der Waals surface area contributed by atoms with E-state index in [1.165, 1.54) is 6.08 Å². The van der Waals surface area contributed by atoms with Gasteiger partial charge in [-0.25, -0.2) is 4.98 Å². The van der Waals surface area contributed by atoms with E-state index >= 15 is 0 Å². The van der Waals surface area contributed by atoms with Gasteiger partial charge < -0.3 is 14.8 Å². The van der Waals surface area contributed by atoms with Crippen molar-refractivity contribution in [2.75, 3.05) is 19.6 Å². The van der Waals surface area contributed by atoms with Gasteiger partial charge in [-0.2, -0.15) is 0 Å². The van der Waals surface area contributed by atoms with Crippen molar-refractivity contribution in [1.29, 1.82) is 0 Å². The van der Waals surface area contributed by atoms with Gasteiger partial charge in [-0.1, -0.05) is 22.5 Å². The average Bonchev–Trinajstić information content (AvgIpc) is 3.35. The molecule has 1 aliphatic rings. The van der Waals surface area contributed by atoms with Crippen LogP contribution in [-0.2, 0) is 22.6 Å². The fourth-order valence-corrected chi connectivity index (χ4v) is 5.40. The number of carbonyl (C=O) groups is 3. The van der Waals surface area contributed by atoms with E-state index in [0.29, 0.717) is 31.6 Å². The molecule has 9 heteroatoms. The number of nitrogens with one attached hydrogen (secondary N) is 1. The molecule has 1 saturated heterocycles. The molecule has 34 heavy (non-hydrogen) atoms. The van der Waals surface area contributed by atoms with Crippen LogP contribution in [0.1, 0.15) is 33.9 Å². The first-order chi connectivity index (χ1) is 16.3. The van der Waals surface area contributed by atoms with Crippen molar-refractivity contribution < 1.29 is 14.4 Å². The van der Waals surface area contributed by atoms with Gasteiger partial charge in [0.1, 0.15) is 0 Å². The second-order valence-electron chi connectivity index (χ2n) is 8.63. The van der Waals surface area contributed by atoms with Gasteiger partial charge >= 0.3 is 0 Å². The van der Waals surface area contributed by atoms with Gasteiger partial charge in [0, 0.05) is 71.0 Å². The van der Waals surface area contributed by atoms with Crippen LogP contribution in [0.4, 0.5) is 0 Å². The molecule has 1 aromatic carbocycles. The molecule has 178 valence electrons. The number of benzene rings is 1. The molecule has 0 spiro atoms. The molecular formula is C25H27BrN4O3S. The zero-order chi connectivity index (χ0) is 24.2. The van der Waals surface area contributed by atoms with Crippen molar-refractivity contribution >= 4 is 55.8 Å². The maximum absolute atomic E-state index is 13.0. The predicted molar refractivity (Wildman–Crippen MR) is 137 cm³/mol. The summed E-state index contributed by atoms with van der Waals surface area (Å²) in [5.41, 5.74) is 2.43. The molecule has 0 radical (unpaired) electrons. The van der Waals surface area contributed by atoms with Crippen LogP contribution in [0.2, 0.25) is 0 Å². The molecule has 0 aliphatic carbocycles. The topological polar surface area (TPSA) is 84.3 Å². The van der Waals surface area contributed by atoms with Gasteiger partial charge in [0.05, 0.1) is 17.1 Å². The Morgan fingerprint density at radius 1 is 1.32 bits per heavy atom. The molecule has 1 N–H and O–H groups in total. The number of aryl methyl sites for hydroxylation is 2. The Morgan fingerprint density at radius 2 is 2.12 bits per heavy atom. The lowest BCUT2D eigenvalue weighted by Crippen LogP contribution is -2.50. The highest BCUT2D eigenvalue weighted by Crippen LogP contribution is 2.26. The van der Waals surface area contributed by atoms with Gasteiger partial charge in [-0.15, -0.1) is 11.3 Å². The lowest BCUT2D eigenvalue weighted by molar-refractivity contribution is -0.134. The Bertz CT molecular complexity index is 1240. The standard InChI is InChI=1S/C25H27BrN4O3S/c1-3-24(32)30-11-17(12-30)9-19(31)13-29-14-21(20-10-18(26)6-7-22(20)29)25(33)27-8-4-5-23-28-16(2)15-34-23/h3,6-7,10,14-15,17H,1,4-5,8-9,11-13H2,2H3,(H,27,33). The highest BCUT2D eigenvalue weighted by Gasteiger charge is 2.30. The average molecular weight is 543 g/mol. The summed E-state index contributed by atoms with van der Waals surface area (Å²) in [6, 6.07) is 5.74. The zero-order valence-electron chi connectivity index (χ0n) is 19.1. The van der Waals surface area contributed by atoms with Crippen LogP contribution in [0.25, 0.3) is 10.9 Å². The predicted octanol–water partition coefficient (Wildman–Crippen LogP) is 4.13. The lowest BCUT2D eigenvalue weighted by Gasteiger charge is -2.38. The molecule has 3 aromatic rings. The summed E-state index contributed by atoms with van der Waals surface area (Å²) in [5, 5.41) is 6.92. The molecule has 1 aliphatic heterocycles. The van der Waals surface area contributed by atoms with E-state index in [1.807, 2.05) is 35.1 Å². The van der Waals surface area contributed by atoms with E-state index in [1.54, 1.807) is 22.4 Å². The van der Waals surface area contributed by atoms with Crippen LogP contribution < -0.4 is 5.32 Å². The van der Waals surface area contributed by atoms with Crippen molar-refractivity contribution in [3.05, 3.63) is 63.2 Å². The Morgan fingerprint density at radius 3 is 2.82 bits per heavy atom. The number of hydrogen-bond acceptors (Lipinski definition) is 5. The highest BCUT2D eigenvalue weighted by atomic mass is 79.9. The zero-order valence-corrected chi connectivity index (χ0v) is 21.5. The number of fused-ring (bicyclic) bond motifs is 1. The number of amides is 2. The van der Waals surface area contributed by atoms with Gasteiger partial charge in [-0.3, -0.25) is 14.4 Å². The maximum atomic E-state index is 13.0. The Labute approximate surface area is 211 Å². The normalized spacial score (nSPS) is 13.6. The fraction of sp³-hybridized carbons (Fsp3) is 0.360. The summed E-state index contributed by atoms with van der Waals surface area (Å²) < 4.78 is 2.72. The Hall–Kier alpha value is -2.78. The van der Waals surface area contributed by atoms with E-state index < -0.39 is 0 Å². The monoisotopic (exact) mass is 542 g/mol. The molecule has 4 rings (SSSR count). The number of carbonyl (C=O) groups excluding carboxylic acids is 3. The first-order valence-corrected chi connectivity index (χ1v) is 12.9.